The lowest BCUT2D eigenvalue weighted by Crippen LogP contribution is -2.18. The molecule has 1 N–H and O–H groups in total. The van der Waals surface area contributed by atoms with E-state index in [0.717, 1.165) is 30.0 Å². The summed E-state index contributed by atoms with van der Waals surface area (Å²) in [6, 6.07) is 3.93. The van der Waals surface area contributed by atoms with Crippen LogP contribution in [0.1, 0.15) is 24.3 Å². The SMILES string of the molecule is c1cc(-c2noc(Cc3cn[nH]c3)n2)cc(N2CCCC2)n1. The van der Waals surface area contributed by atoms with Gasteiger partial charge in [-0.1, -0.05) is 5.16 Å². The summed E-state index contributed by atoms with van der Waals surface area (Å²) >= 11 is 0. The summed E-state index contributed by atoms with van der Waals surface area (Å²) in [6.45, 7) is 2.13. The highest BCUT2D eigenvalue weighted by Gasteiger charge is 2.16. The molecule has 0 radical (unpaired) electrons. The first-order valence-corrected chi connectivity index (χ1v) is 7.40. The minimum atomic E-state index is 0.577. The lowest BCUT2D eigenvalue weighted by molar-refractivity contribution is 0.385. The van der Waals surface area contributed by atoms with Gasteiger partial charge in [-0.2, -0.15) is 10.1 Å². The van der Waals surface area contributed by atoms with Crippen LogP contribution in [0.25, 0.3) is 11.4 Å². The van der Waals surface area contributed by atoms with Gasteiger partial charge in [0, 0.05) is 31.0 Å². The maximum atomic E-state index is 5.32. The van der Waals surface area contributed by atoms with Gasteiger partial charge in [0.1, 0.15) is 5.82 Å². The van der Waals surface area contributed by atoms with Crippen LogP contribution in [0.4, 0.5) is 5.82 Å². The summed E-state index contributed by atoms with van der Waals surface area (Å²) in [7, 11) is 0. The predicted octanol–water partition coefficient (Wildman–Crippen LogP) is 2.05. The molecule has 0 spiro atoms. The molecule has 7 heteroatoms. The summed E-state index contributed by atoms with van der Waals surface area (Å²) in [5.41, 5.74) is 1.95. The van der Waals surface area contributed by atoms with E-state index in [1.54, 1.807) is 12.4 Å². The monoisotopic (exact) mass is 296 g/mol. The van der Waals surface area contributed by atoms with Crippen LogP contribution in [0, 0.1) is 0 Å². The lowest BCUT2D eigenvalue weighted by atomic mass is 10.2. The van der Waals surface area contributed by atoms with Crippen molar-refractivity contribution in [2.24, 2.45) is 0 Å². The molecule has 1 fully saturated rings. The number of aromatic amines is 1. The second-order valence-corrected chi connectivity index (χ2v) is 5.39. The summed E-state index contributed by atoms with van der Waals surface area (Å²) < 4.78 is 5.32. The van der Waals surface area contributed by atoms with Crippen molar-refractivity contribution in [3.8, 4) is 11.4 Å². The molecule has 3 aromatic rings. The number of hydrogen-bond donors (Lipinski definition) is 1. The van der Waals surface area contributed by atoms with Crippen LogP contribution in [0.3, 0.4) is 0 Å². The van der Waals surface area contributed by atoms with Crippen molar-refractivity contribution in [3.05, 3.63) is 42.2 Å². The van der Waals surface area contributed by atoms with E-state index in [1.165, 1.54) is 12.8 Å². The van der Waals surface area contributed by atoms with Gasteiger partial charge in [0.05, 0.1) is 12.6 Å². The fraction of sp³-hybridized carbons (Fsp3) is 0.333. The third-order valence-corrected chi connectivity index (χ3v) is 3.81. The standard InChI is InChI=1S/C15H16N6O/c1-2-6-21(5-1)13-8-12(3-4-16-13)15-19-14(22-20-15)7-11-9-17-18-10-11/h3-4,8-10H,1-2,5-7H2,(H,17,18). The van der Waals surface area contributed by atoms with Crippen molar-refractivity contribution in [2.75, 3.05) is 18.0 Å². The van der Waals surface area contributed by atoms with Crippen molar-refractivity contribution in [1.29, 1.82) is 0 Å². The third-order valence-electron chi connectivity index (χ3n) is 3.81. The largest absolute Gasteiger partial charge is 0.357 e. The minimum absolute atomic E-state index is 0.577. The van der Waals surface area contributed by atoms with Gasteiger partial charge in [-0.15, -0.1) is 0 Å². The number of pyridine rings is 1. The Labute approximate surface area is 127 Å². The van der Waals surface area contributed by atoms with E-state index in [0.29, 0.717) is 18.1 Å². The van der Waals surface area contributed by atoms with E-state index in [2.05, 4.69) is 30.2 Å². The minimum Gasteiger partial charge on any atom is -0.357 e. The highest BCUT2D eigenvalue weighted by Crippen LogP contribution is 2.23. The molecular weight excluding hydrogens is 280 g/mol. The van der Waals surface area contributed by atoms with Crippen LogP contribution < -0.4 is 4.90 Å². The maximum Gasteiger partial charge on any atom is 0.231 e. The zero-order valence-electron chi connectivity index (χ0n) is 12.1. The third kappa shape index (κ3) is 2.57. The molecule has 0 aliphatic carbocycles. The second-order valence-electron chi connectivity index (χ2n) is 5.39. The molecule has 112 valence electrons. The molecule has 3 aromatic heterocycles. The van der Waals surface area contributed by atoms with E-state index in [4.69, 9.17) is 4.52 Å². The Morgan fingerprint density at radius 1 is 1.27 bits per heavy atom. The van der Waals surface area contributed by atoms with Gasteiger partial charge in [-0.3, -0.25) is 5.10 Å². The zero-order chi connectivity index (χ0) is 14.8. The maximum absolute atomic E-state index is 5.32. The topological polar surface area (TPSA) is 83.7 Å². The van der Waals surface area contributed by atoms with Crippen LogP contribution in [0.2, 0.25) is 0 Å². The summed E-state index contributed by atoms with van der Waals surface area (Å²) in [5.74, 6) is 2.16. The van der Waals surface area contributed by atoms with Gasteiger partial charge in [-0.25, -0.2) is 4.98 Å². The van der Waals surface area contributed by atoms with Gasteiger partial charge in [0.15, 0.2) is 0 Å². The zero-order valence-corrected chi connectivity index (χ0v) is 12.1. The Morgan fingerprint density at radius 2 is 2.18 bits per heavy atom. The van der Waals surface area contributed by atoms with Gasteiger partial charge in [0.25, 0.3) is 0 Å². The first kappa shape index (κ1) is 13.0. The fourth-order valence-corrected chi connectivity index (χ4v) is 2.67. The van der Waals surface area contributed by atoms with Crippen molar-refractivity contribution in [2.45, 2.75) is 19.3 Å². The van der Waals surface area contributed by atoms with Crippen LogP contribution in [-0.4, -0.2) is 38.4 Å². The number of nitrogens with one attached hydrogen (secondary N) is 1. The predicted molar refractivity (Wildman–Crippen MR) is 80.4 cm³/mol. The summed E-state index contributed by atoms with van der Waals surface area (Å²) in [6.07, 6.45) is 8.40. The van der Waals surface area contributed by atoms with E-state index in [9.17, 15) is 0 Å². The number of hydrogen-bond acceptors (Lipinski definition) is 6. The first-order chi connectivity index (χ1) is 10.9. The van der Waals surface area contributed by atoms with Crippen molar-refractivity contribution >= 4 is 5.82 Å². The first-order valence-electron chi connectivity index (χ1n) is 7.40. The average Bonchev–Trinajstić information content (AvgIpc) is 3.31. The molecule has 0 bridgehead atoms. The Bertz CT molecular complexity index is 745. The van der Waals surface area contributed by atoms with Crippen LogP contribution >= 0.6 is 0 Å². The highest BCUT2D eigenvalue weighted by atomic mass is 16.5. The number of aromatic nitrogens is 5. The Morgan fingerprint density at radius 3 is 3.00 bits per heavy atom. The molecule has 0 atom stereocenters. The van der Waals surface area contributed by atoms with Gasteiger partial charge in [0.2, 0.25) is 11.7 Å². The van der Waals surface area contributed by atoms with Gasteiger partial charge in [-0.05, 0) is 30.5 Å². The molecule has 4 heterocycles. The molecule has 1 saturated heterocycles. The molecule has 1 aliphatic rings. The van der Waals surface area contributed by atoms with Gasteiger partial charge < -0.3 is 9.42 Å². The number of nitrogens with zero attached hydrogens (tertiary/aromatic N) is 5. The van der Waals surface area contributed by atoms with Crippen molar-refractivity contribution < 1.29 is 4.52 Å². The quantitative estimate of drug-likeness (QED) is 0.793. The summed E-state index contributed by atoms with van der Waals surface area (Å²) in [5, 5.41) is 10.8. The molecule has 0 unspecified atom stereocenters. The van der Waals surface area contributed by atoms with Crippen molar-refractivity contribution in [3.63, 3.8) is 0 Å². The second kappa shape index (κ2) is 5.59. The molecule has 0 saturated carbocycles. The van der Waals surface area contributed by atoms with Crippen LogP contribution in [0.5, 0.6) is 0 Å². The molecular formula is C15H16N6O. The van der Waals surface area contributed by atoms with E-state index >= 15 is 0 Å². The number of rotatable bonds is 4. The average molecular weight is 296 g/mol. The van der Waals surface area contributed by atoms with E-state index in [-0.39, 0.29) is 0 Å². The smallest absolute Gasteiger partial charge is 0.231 e. The number of H-pyrrole nitrogens is 1. The Balaban J connectivity index is 1.56. The normalized spacial score (nSPS) is 14.6. The van der Waals surface area contributed by atoms with Crippen molar-refractivity contribution in [1.82, 2.24) is 25.3 Å². The Hall–Kier alpha value is -2.70. The van der Waals surface area contributed by atoms with Gasteiger partial charge >= 0.3 is 0 Å². The van der Waals surface area contributed by atoms with Crippen LogP contribution in [0.15, 0.2) is 35.2 Å². The summed E-state index contributed by atoms with van der Waals surface area (Å²) in [4.78, 5) is 11.2. The molecule has 1 aliphatic heterocycles. The highest BCUT2D eigenvalue weighted by molar-refractivity contribution is 5.59. The molecule has 22 heavy (non-hydrogen) atoms. The number of anilines is 1. The molecule has 0 amide bonds. The molecule has 0 aromatic carbocycles. The fourth-order valence-electron chi connectivity index (χ4n) is 2.67. The Kier molecular flexibility index (Phi) is 3.30. The van der Waals surface area contributed by atoms with E-state index < -0.39 is 0 Å². The van der Waals surface area contributed by atoms with Crippen LogP contribution in [-0.2, 0) is 6.42 Å². The molecule has 4 rings (SSSR count). The lowest BCUT2D eigenvalue weighted by Gasteiger charge is -2.16. The molecule has 7 nitrogen and oxygen atoms in total. The van der Waals surface area contributed by atoms with E-state index in [1.807, 2.05) is 18.3 Å².